The van der Waals surface area contributed by atoms with Gasteiger partial charge in [-0.15, -0.1) is 0 Å². The molecule has 0 unspecified atom stereocenters. The van der Waals surface area contributed by atoms with Crippen LogP contribution in [0.5, 0.6) is 0 Å². The van der Waals surface area contributed by atoms with Gasteiger partial charge in [-0.25, -0.2) is 4.98 Å². The minimum atomic E-state index is -0.104. The third-order valence-electron chi connectivity index (χ3n) is 5.86. The van der Waals surface area contributed by atoms with Crippen molar-refractivity contribution in [2.24, 2.45) is 0 Å². The Hall–Kier alpha value is -1.40. The van der Waals surface area contributed by atoms with Crippen LogP contribution in [0.25, 0.3) is 0 Å². The van der Waals surface area contributed by atoms with Crippen LogP contribution in [-0.4, -0.2) is 59.5 Å². The molecule has 0 aliphatic carbocycles. The molecule has 1 aromatic heterocycles. The summed E-state index contributed by atoms with van der Waals surface area (Å²) in [4.78, 5) is 21.9. The standard InChI is InChI=1S/C19H29N3O3/c23-19(17-18(25-14-20-17)16-8-6-12-24-16)22-11-5-7-15(13-22)21-9-3-1-2-4-10-21/h14-16H,1-13H2/t15-,16+/m1/s1. The van der Waals surface area contributed by atoms with E-state index < -0.39 is 0 Å². The number of likely N-dealkylation sites (tertiary alicyclic amines) is 2. The molecule has 0 saturated carbocycles. The first kappa shape index (κ1) is 17.0. The van der Waals surface area contributed by atoms with E-state index in [2.05, 4.69) is 9.88 Å². The van der Waals surface area contributed by atoms with Crippen molar-refractivity contribution in [2.75, 3.05) is 32.8 Å². The first-order valence-corrected chi connectivity index (χ1v) is 9.91. The molecule has 6 heteroatoms. The summed E-state index contributed by atoms with van der Waals surface area (Å²) in [6, 6.07) is 0.494. The summed E-state index contributed by atoms with van der Waals surface area (Å²) in [5.74, 6) is 0.637. The number of amides is 1. The van der Waals surface area contributed by atoms with Crippen molar-refractivity contribution in [1.29, 1.82) is 0 Å². The van der Waals surface area contributed by atoms with Gasteiger partial charge in [-0.2, -0.15) is 0 Å². The van der Waals surface area contributed by atoms with Crippen LogP contribution in [0.1, 0.15) is 73.7 Å². The summed E-state index contributed by atoms with van der Waals surface area (Å²) >= 11 is 0. The van der Waals surface area contributed by atoms with Crippen LogP contribution in [0.3, 0.4) is 0 Å². The Morgan fingerprint density at radius 1 is 1.04 bits per heavy atom. The number of carbonyl (C=O) groups excluding carboxylic acids is 1. The molecule has 138 valence electrons. The molecule has 0 bridgehead atoms. The molecular formula is C19H29N3O3. The number of hydrogen-bond donors (Lipinski definition) is 0. The van der Waals surface area contributed by atoms with E-state index in [-0.39, 0.29) is 12.0 Å². The van der Waals surface area contributed by atoms with Crippen LogP contribution in [0, 0.1) is 0 Å². The number of ether oxygens (including phenoxy) is 1. The second-order valence-electron chi connectivity index (χ2n) is 7.56. The lowest BCUT2D eigenvalue weighted by molar-refractivity contribution is 0.0555. The number of nitrogens with zero attached hydrogens (tertiary/aromatic N) is 3. The quantitative estimate of drug-likeness (QED) is 0.841. The Balaban J connectivity index is 1.44. The molecule has 2 atom stereocenters. The van der Waals surface area contributed by atoms with Gasteiger partial charge in [0.25, 0.3) is 5.91 Å². The summed E-state index contributed by atoms with van der Waals surface area (Å²) in [7, 11) is 0. The third kappa shape index (κ3) is 3.75. The van der Waals surface area contributed by atoms with Gasteiger partial charge in [-0.1, -0.05) is 12.8 Å². The van der Waals surface area contributed by atoms with E-state index in [9.17, 15) is 4.79 Å². The lowest BCUT2D eigenvalue weighted by Crippen LogP contribution is -2.50. The first-order valence-electron chi connectivity index (χ1n) is 9.91. The molecule has 0 spiro atoms. The highest BCUT2D eigenvalue weighted by molar-refractivity contribution is 5.93. The molecule has 3 fully saturated rings. The SMILES string of the molecule is O=C(c1ncoc1[C@@H]1CCCO1)N1CCC[C@@H](N2CCCCCC2)C1. The van der Waals surface area contributed by atoms with E-state index in [4.69, 9.17) is 9.15 Å². The number of carbonyl (C=O) groups is 1. The largest absolute Gasteiger partial charge is 0.445 e. The predicted molar refractivity (Wildman–Crippen MR) is 93.4 cm³/mol. The van der Waals surface area contributed by atoms with Crippen molar-refractivity contribution in [3.05, 3.63) is 17.8 Å². The molecule has 3 aliphatic rings. The Kier molecular flexibility index (Phi) is 5.36. The van der Waals surface area contributed by atoms with Crippen molar-refractivity contribution in [3.8, 4) is 0 Å². The minimum absolute atomic E-state index is 0.0128. The Morgan fingerprint density at radius 2 is 1.88 bits per heavy atom. The van der Waals surface area contributed by atoms with Crippen LogP contribution >= 0.6 is 0 Å². The number of oxazole rings is 1. The molecule has 0 N–H and O–H groups in total. The van der Waals surface area contributed by atoms with Crippen LogP contribution in [0.4, 0.5) is 0 Å². The highest BCUT2D eigenvalue weighted by Crippen LogP contribution is 2.31. The second kappa shape index (κ2) is 7.87. The fourth-order valence-electron chi connectivity index (χ4n) is 4.48. The molecule has 6 nitrogen and oxygen atoms in total. The zero-order valence-electron chi connectivity index (χ0n) is 15.0. The zero-order valence-corrected chi connectivity index (χ0v) is 15.0. The van der Waals surface area contributed by atoms with E-state index >= 15 is 0 Å². The number of piperidine rings is 1. The van der Waals surface area contributed by atoms with Gasteiger partial charge in [0.15, 0.2) is 17.8 Å². The van der Waals surface area contributed by atoms with Crippen molar-refractivity contribution < 1.29 is 13.9 Å². The maximum absolute atomic E-state index is 13.1. The number of hydrogen-bond acceptors (Lipinski definition) is 5. The average Bonchev–Trinajstić information content (AvgIpc) is 3.27. The minimum Gasteiger partial charge on any atom is -0.445 e. The summed E-state index contributed by atoms with van der Waals surface area (Å²) < 4.78 is 11.2. The molecule has 0 radical (unpaired) electrons. The smallest absolute Gasteiger partial charge is 0.276 e. The maximum Gasteiger partial charge on any atom is 0.276 e. The summed E-state index contributed by atoms with van der Waals surface area (Å²) in [5, 5.41) is 0. The normalized spacial score (nSPS) is 28.9. The molecule has 1 amide bonds. The second-order valence-corrected chi connectivity index (χ2v) is 7.56. The van der Waals surface area contributed by atoms with Crippen LogP contribution in [0.2, 0.25) is 0 Å². The lowest BCUT2D eigenvalue weighted by atomic mass is 10.0. The lowest BCUT2D eigenvalue weighted by Gasteiger charge is -2.39. The van der Waals surface area contributed by atoms with Gasteiger partial charge in [-0.05, 0) is 51.6 Å². The van der Waals surface area contributed by atoms with Crippen LogP contribution < -0.4 is 0 Å². The van der Waals surface area contributed by atoms with Gasteiger partial charge in [0.1, 0.15) is 6.10 Å². The summed E-state index contributed by atoms with van der Waals surface area (Å²) in [5.41, 5.74) is 0.461. The van der Waals surface area contributed by atoms with Crippen LogP contribution in [0.15, 0.2) is 10.8 Å². The maximum atomic E-state index is 13.1. The van der Waals surface area contributed by atoms with Crippen molar-refractivity contribution in [1.82, 2.24) is 14.8 Å². The molecule has 25 heavy (non-hydrogen) atoms. The van der Waals surface area contributed by atoms with Gasteiger partial charge in [0.2, 0.25) is 0 Å². The Bertz CT molecular complexity index is 574. The van der Waals surface area contributed by atoms with Gasteiger partial charge < -0.3 is 14.1 Å². The van der Waals surface area contributed by atoms with Crippen molar-refractivity contribution >= 4 is 5.91 Å². The van der Waals surface area contributed by atoms with Gasteiger partial charge >= 0.3 is 0 Å². The highest BCUT2D eigenvalue weighted by atomic mass is 16.5. The van der Waals surface area contributed by atoms with Crippen molar-refractivity contribution in [2.45, 2.75) is 63.5 Å². The van der Waals surface area contributed by atoms with E-state index in [0.29, 0.717) is 17.5 Å². The van der Waals surface area contributed by atoms with Crippen LogP contribution in [-0.2, 0) is 4.74 Å². The highest BCUT2D eigenvalue weighted by Gasteiger charge is 2.33. The van der Waals surface area contributed by atoms with E-state index in [1.807, 2.05) is 4.90 Å². The third-order valence-corrected chi connectivity index (χ3v) is 5.86. The van der Waals surface area contributed by atoms with E-state index in [1.165, 1.54) is 51.6 Å². The number of rotatable bonds is 3. The van der Waals surface area contributed by atoms with Gasteiger partial charge in [-0.3, -0.25) is 9.69 Å². The molecule has 1 aromatic rings. The van der Waals surface area contributed by atoms with Gasteiger partial charge in [0, 0.05) is 25.7 Å². The molecule has 0 aromatic carbocycles. The van der Waals surface area contributed by atoms with Gasteiger partial charge in [0.05, 0.1) is 0 Å². The fraction of sp³-hybridized carbons (Fsp3) is 0.789. The first-order chi connectivity index (χ1) is 12.3. The van der Waals surface area contributed by atoms with E-state index in [0.717, 1.165) is 39.0 Å². The van der Waals surface area contributed by atoms with Crippen molar-refractivity contribution in [3.63, 3.8) is 0 Å². The molecule has 4 rings (SSSR count). The predicted octanol–water partition coefficient (Wildman–Crippen LogP) is 3.01. The topological polar surface area (TPSA) is 58.8 Å². The average molecular weight is 347 g/mol. The molecule has 3 saturated heterocycles. The molecule has 3 aliphatic heterocycles. The summed E-state index contributed by atoms with van der Waals surface area (Å²) in [6.07, 6.45) is 10.7. The molecule has 4 heterocycles. The zero-order chi connectivity index (χ0) is 17.1. The van der Waals surface area contributed by atoms with E-state index in [1.54, 1.807) is 0 Å². The Labute approximate surface area is 149 Å². The Morgan fingerprint density at radius 3 is 2.64 bits per heavy atom. The number of aromatic nitrogens is 1. The fourth-order valence-corrected chi connectivity index (χ4v) is 4.48. The monoisotopic (exact) mass is 347 g/mol. The summed E-state index contributed by atoms with van der Waals surface area (Å²) in [6.45, 7) is 4.73. The molecular weight excluding hydrogens is 318 g/mol.